The number of aldehydes is 1. The van der Waals surface area contributed by atoms with Crippen LogP contribution in [0.1, 0.15) is 24.8 Å². The van der Waals surface area contributed by atoms with Crippen molar-refractivity contribution in [3.8, 4) is 0 Å². The molecular formula is C19H25FN2O. The van der Waals surface area contributed by atoms with Gasteiger partial charge in [-0.05, 0) is 56.3 Å². The quantitative estimate of drug-likeness (QED) is 0.798. The first-order valence-corrected chi connectivity index (χ1v) is 8.51. The maximum Gasteiger partial charge on any atom is 0.148 e. The van der Waals surface area contributed by atoms with Crippen LogP contribution in [-0.2, 0) is 11.2 Å². The minimum absolute atomic E-state index is 0.146. The second kappa shape index (κ2) is 7.37. The fraction of sp³-hybridized carbons (Fsp3) is 0.526. The molecule has 2 heterocycles. The Morgan fingerprint density at radius 1 is 1.17 bits per heavy atom. The van der Waals surface area contributed by atoms with E-state index in [1.807, 2.05) is 12.1 Å². The van der Waals surface area contributed by atoms with E-state index in [2.05, 4.69) is 22.9 Å². The van der Waals surface area contributed by atoms with Gasteiger partial charge in [-0.15, -0.1) is 0 Å². The zero-order chi connectivity index (χ0) is 16.2. The van der Waals surface area contributed by atoms with Crippen molar-refractivity contribution in [3.05, 3.63) is 47.3 Å². The van der Waals surface area contributed by atoms with Gasteiger partial charge in [-0.2, -0.15) is 0 Å². The minimum atomic E-state index is -0.169. The van der Waals surface area contributed by atoms with Crippen LogP contribution in [0.15, 0.2) is 35.9 Å². The number of likely N-dealkylation sites (N-methyl/N-ethyl adjacent to an activating group) is 1. The van der Waals surface area contributed by atoms with E-state index in [1.165, 1.54) is 5.56 Å². The number of rotatable bonds is 4. The van der Waals surface area contributed by atoms with Crippen molar-refractivity contribution in [2.75, 3.05) is 26.7 Å². The van der Waals surface area contributed by atoms with Gasteiger partial charge in [-0.3, -0.25) is 14.6 Å². The van der Waals surface area contributed by atoms with E-state index in [0.29, 0.717) is 5.92 Å². The molecule has 2 aliphatic heterocycles. The van der Waals surface area contributed by atoms with Gasteiger partial charge in [-0.1, -0.05) is 18.2 Å². The Bertz CT molecular complexity index is 561. The first-order valence-electron chi connectivity index (χ1n) is 8.51. The van der Waals surface area contributed by atoms with Gasteiger partial charge in [0.25, 0.3) is 0 Å². The number of hydrogen-bond donors (Lipinski definition) is 0. The monoisotopic (exact) mass is 316 g/mol. The van der Waals surface area contributed by atoms with Gasteiger partial charge < -0.3 is 0 Å². The molecule has 0 N–H and O–H groups in total. The van der Waals surface area contributed by atoms with E-state index in [0.717, 1.165) is 57.2 Å². The summed E-state index contributed by atoms with van der Waals surface area (Å²) in [5.41, 5.74) is 2.13. The third-order valence-electron chi connectivity index (χ3n) is 5.15. The second-order valence-electron chi connectivity index (χ2n) is 6.77. The van der Waals surface area contributed by atoms with Crippen LogP contribution in [-0.4, -0.2) is 48.9 Å². The number of carbonyl (C=O) groups excluding carboxylic acids is 1. The summed E-state index contributed by atoms with van der Waals surface area (Å²) in [6.07, 6.45) is 7.50. The topological polar surface area (TPSA) is 23.6 Å². The molecule has 0 aliphatic carbocycles. The lowest BCUT2D eigenvalue weighted by Crippen LogP contribution is -2.52. The zero-order valence-corrected chi connectivity index (χ0v) is 13.7. The lowest BCUT2D eigenvalue weighted by molar-refractivity contribution is -0.106. The Kier molecular flexibility index (Phi) is 5.23. The number of carbonyl (C=O) groups is 1. The van der Waals surface area contributed by atoms with Crippen molar-refractivity contribution >= 4 is 6.29 Å². The van der Waals surface area contributed by atoms with E-state index < -0.39 is 0 Å². The molecule has 1 unspecified atom stereocenters. The molecule has 1 fully saturated rings. The van der Waals surface area contributed by atoms with E-state index in [-0.39, 0.29) is 12.0 Å². The number of hydrogen-bond acceptors (Lipinski definition) is 3. The van der Waals surface area contributed by atoms with Crippen LogP contribution in [0.4, 0.5) is 4.39 Å². The van der Waals surface area contributed by atoms with Gasteiger partial charge in [0, 0.05) is 25.2 Å². The fourth-order valence-electron chi connectivity index (χ4n) is 3.87. The molecule has 0 spiro atoms. The van der Waals surface area contributed by atoms with Crippen molar-refractivity contribution in [2.24, 2.45) is 5.92 Å². The molecule has 1 aromatic carbocycles. The van der Waals surface area contributed by atoms with Crippen molar-refractivity contribution < 1.29 is 9.18 Å². The van der Waals surface area contributed by atoms with E-state index in [9.17, 15) is 9.18 Å². The van der Waals surface area contributed by atoms with Crippen LogP contribution in [0.5, 0.6) is 0 Å². The third kappa shape index (κ3) is 3.88. The van der Waals surface area contributed by atoms with Crippen LogP contribution in [0.3, 0.4) is 0 Å². The first kappa shape index (κ1) is 16.3. The molecule has 1 aromatic rings. The molecule has 0 amide bonds. The molecular weight excluding hydrogens is 291 g/mol. The van der Waals surface area contributed by atoms with E-state index in [1.54, 1.807) is 12.1 Å². The average Bonchev–Trinajstić information content (AvgIpc) is 2.57. The Labute approximate surface area is 137 Å². The van der Waals surface area contributed by atoms with Crippen LogP contribution >= 0.6 is 0 Å². The molecule has 1 atom stereocenters. The molecule has 0 saturated carbocycles. The highest BCUT2D eigenvalue weighted by Crippen LogP contribution is 2.27. The van der Waals surface area contributed by atoms with Gasteiger partial charge in [-0.25, -0.2) is 4.39 Å². The van der Waals surface area contributed by atoms with Gasteiger partial charge in [0.15, 0.2) is 0 Å². The highest BCUT2D eigenvalue weighted by Gasteiger charge is 2.31. The molecule has 3 rings (SSSR count). The summed E-state index contributed by atoms with van der Waals surface area (Å²) in [5.74, 6) is 0.478. The summed E-state index contributed by atoms with van der Waals surface area (Å²) in [6.45, 7) is 3.05. The first-order chi connectivity index (χ1) is 11.2. The lowest BCUT2D eigenvalue weighted by atomic mass is 9.89. The number of halogens is 1. The predicted molar refractivity (Wildman–Crippen MR) is 89.6 cm³/mol. The Morgan fingerprint density at radius 3 is 2.52 bits per heavy atom. The lowest BCUT2D eigenvalue weighted by Gasteiger charge is -2.43. The van der Waals surface area contributed by atoms with Gasteiger partial charge in [0.2, 0.25) is 0 Å². The van der Waals surface area contributed by atoms with Crippen molar-refractivity contribution in [2.45, 2.75) is 31.8 Å². The number of piperidine rings is 1. The average molecular weight is 316 g/mol. The molecule has 3 nitrogen and oxygen atoms in total. The summed E-state index contributed by atoms with van der Waals surface area (Å²) in [6, 6.07) is 6.87. The predicted octanol–water partition coefficient (Wildman–Crippen LogP) is 2.87. The Hall–Kier alpha value is -1.52. The number of benzene rings is 1. The molecule has 0 bridgehead atoms. The summed E-state index contributed by atoms with van der Waals surface area (Å²) in [5, 5.41) is 0. The van der Waals surface area contributed by atoms with Crippen molar-refractivity contribution in [1.29, 1.82) is 0 Å². The molecule has 124 valence electrons. The largest absolute Gasteiger partial charge is 0.298 e. The zero-order valence-electron chi connectivity index (χ0n) is 13.7. The summed E-state index contributed by atoms with van der Waals surface area (Å²) in [7, 11) is 2.10. The van der Waals surface area contributed by atoms with Crippen LogP contribution in [0, 0.1) is 11.7 Å². The maximum atomic E-state index is 13.0. The highest BCUT2D eigenvalue weighted by molar-refractivity contribution is 5.75. The summed E-state index contributed by atoms with van der Waals surface area (Å²) < 4.78 is 13.0. The van der Waals surface area contributed by atoms with E-state index in [4.69, 9.17) is 0 Å². The minimum Gasteiger partial charge on any atom is -0.298 e. The van der Waals surface area contributed by atoms with Gasteiger partial charge in [0.05, 0.1) is 6.17 Å². The van der Waals surface area contributed by atoms with Gasteiger partial charge in [0.1, 0.15) is 12.1 Å². The standard InChI is InChI=1S/C19H25FN2O/c1-21-10-2-3-17(14-23)19(21)22-11-8-16(9-12-22)13-15-4-6-18(20)7-5-15/h3-7,14,16,19H,2,8-13H2,1H3. The maximum absolute atomic E-state index is 13.0. The molecule has 0 aromatic heterocycles. The highest BCUT2D eigenvalue weighted by atomic mass is 19.1. The summed E-state index contributed by atoms with van der Waals surface area (Å²) in [4.78, 5) is 16.1. The molecule has 0 radical (unpaired) electrons. The van der Waals surface area contributed by atoms with Crippen molar-refractivity contribution in [1.82, 2.24) is 9.80 Å². The Balaban J connectivity index is 1.57. The Morgan fingerprint density at radius 2 is 1.87 bits per heavy atom. The summed E-state index contributed by atoms with van der Waals surface area (Å²) >= 11 is 0. The normalized spacial score (nSPS) is 24.4. The molecule has 4 heteroatoms. The van der Waals surface area contributed by atoms with Crippen molar-refractivity contribution in [3.63, 3.8) is 0 Å². The third-order valence-corrected chi connectivity index (χ3v) is 5.15. The number of likely N-dealkylation sites (tertiary alicyclic amines) is 1. The van der Waals surface area contributed by atoms with Crippen LogP contribution in [0.2, 0.25) is 0 Å². The van der Waals surface area contributed by atoms with Crippen LogP contribution < -0.4 is 0 Å². The molecule has 23 heavy (non-hydrogen) atoms. The molecule has 2 aliphatic rings. The van der Waals surface area contributed by atoms with E-state index >= 15 is 0 Å². The number of nitrogens with zero attached hydrogens (tertiary/aromatic N) is 2. The van der Waals surface area contributed by atoms with Crippen LogP contribution in [0.25, 0.3) is 0 Å². The second-order valence-corrected chi connectivity index (χ2v) is 6.77. The fourth-order valence-corrected chi connectivity index (χ4v) is 3.87. The smallest absolute Gasteiger partial charge is 0.148 e. The van der Waals surface area contributed by atoms with Gasteiger partial charge >= 0.3 is 0 Å². The molecule has 1 saturated heterocycles. The SMILES string of the molecule is CN1CCC=C(C=O)C1N1CCC(Cc2ccc(F)cc2)CC1.